The summed E-state index contributed by atoms with van der Waals surface area (Å²) < 4.78 is 4.91. The van der Waals surface area contributed by atoms with Gasteiger partial charge in [-0.25, -0.2) is 4.79 Å². The second-order valence-corrected chi connectivity index (χ2v) is 3.34. The Morgan fingerprint density at radius 1 is 1.40 bits per heavy atom. The van der Waals surface area contributed by atoms with Crippen molar-refractivity contribution in [1.82, 2.24) is 0 Å². The number of benzene rings is 1. The first-order chi connectivity index (χ1) is 7.11. The molecule has 0 aliphatic carbocycles. The van der Waals surface area contributed by atoms with Gasteiger partial charge in [-0.1, -0.05) is 19.1 Å². The Bertz CT molecular complexity index is 369. The maximum Gasteiger partial charge on any atom is 0.342 e. The molecule has 0 radical (unpaired) electrons. The van der Waals surface area contributed by atoms with E-state index in [2.05, 4.69) is 0 Å². The van der Waals surface area contributed by atoms with Crippen LogP contribution in [0.15, 0.2) is 12.1 Å². The normalized spacial score (nSPS) is 10.1. The van der Waals surface area contributed by atoms with Crippen molar-refractivity contribution in [2.24, 2.45) is 0 Å². The SMILES string of the molecule is CCOC(=O)c1c(CC)ccc(C)c1O. The van der Waals surface area contributed by atoms with Gasteiger partial charge in [-0.05, 0) is 31.4 Å². The number of hydrogen-bond donors (Lipinski definition) is 1. The molecule has 0 unspecified atom stereocenters. The number of carbonyl (C=O) groups excluding carboxylic acids is 1. The number of rotatable bonds is 3. The Balaban J connectivity index is 3.23. The minimum absolute atomic E-state index is 0.0350. The minimum Gasteiger partial charge on any atom is -0.507 e. The molecule has 0 fully saturated rings. The van der Waals surface area contributed by atoms with Crippen molar-refractivity contribution < 1.29 is 14.6 Å². The maximum absolute atomic E-state index is 11.6. The van der Waals surface area contributed by atoms with Crippen LogP contribution < -0.4 is 0 Å². The minimum atomic E-state index is -0.449. The van der Waals surface area contributed by atoms with Crippen LogP contribution in [0.4, 0.5) is 0 Å². The fourth-order valence-electron chi connectivity index (χ4n) is 1.46. The maximum atomic E-state index is 11.6. The highest BCUT2D eigenvalue weighted by Gasteiger charge is 2.17. The van der Waals surface area contributed by atoms with E-state index in [1.165, 1.54) is 0 Å². The molecule has 0 atom stereocenters. The summed E-state index contributed by atoms with van der Waals surface area (Å²) in [6, 6.07) is 3.65. The molecule has 0 heterocycles. The molecule has 0 saturated carbocycles. The van der Waals surface area contributed by atoms with Crippen LogP contribution in [0.1, 0.15) is 35.3 Å². The number of aryl methyl sites for hydroxylation is 2. The van der Waals surface area contributed by atoms with E-state index in [1.807, 2.05) is 13.0 Å². The average Bonchev–Trinajstić information content (AvgIpc) is 2.22. The Morgan fingerprint density at radius 3 is 2.60 bits per heavy atom. The largest absolute Gasteiger partial charge is 0.507 e. The number of phenolic OH excluding ortho intramolecular Hbond substituents is 1. The predicted molar refractivity (Wildman–Crippen MR) is 58.2 cm³/mol. The molecular weight excluding hydrogens is 192 g/mol. The number of esters is 1. The highest BCUT2D eigenvalue weighted by Crippen LogP contribution is 2.26. The Kier molecular flexibility index (Phi) is 3.72. The van der Waals surface area contributed by atoms with Crippen molar-refractivity contribution in [3.8, 4) is 5.75 Å². The lowest BCUT2D eigenvalue weighted by Crippen LogP contribution is -2.08. The molecule has 1 aromatic carbocycles. The lowest BCUT2D eigenvalue weighted by molar-refractivity contribution is 0.0521. The van der Waals surface area contributed by atoms with E-state index < -0.39 is 5.97 Å². The fraction of sp³-hybridized carbons (Fsp3) is 0.417. The number of carbonyl (C=O) groups is 1. The van der Waals surface area contributed by atoms with Gasteiger partial charge in [0.1, 0.15) is 11.3 Å². The first-order valence-corrected chi connectivity index (χ1v) is 5.10. The molecule has 1 N–H and O–H groups in total. The number of aromatic hydroxyl groups is 1. The molecule has 0 aromatic heterocycles. The lowest BCUT2D eigenvalue weighted by atomic mass is 10.0. The van der Waals surface area contributed by atoms with Gasteiger partial charge in [-0.15, -0.1) is 0 Å². The average molecular weight is 208 g/mol. The second kappa shape index (κ2) is 4.82. The van der Waals surface area contributed by atoms with E-state index in [9.17, 15) is 9.90 Å². The van der Waals surface area contributed by atoms with Crippen LogP contribution in [0.25, 0.3) is 0 Å². The summed E-state index contributed by atoms with van der Waals surface area (Å²) in [6.45, 7) is 5.76. The van der Waals surface area contributed by atoms with Crippen LogP contribution in [-0.4, -0.2) is 17.7 Å². The summed E-state index contributed by atoms with van der Waals surface area (Å²) in [6.07, 6.45) is 0.696. The first-order valence-electron chi connectivity index (χ1n) is 5.10. The molecule has 0 spiro atoms. The molecule has 0 aliphatic heterocycles. The van der Waals surface area contributed by atoms with Crippen molar-refractivity contribution in [2.45, 2.75) is 27.2 Å². The van der Waals surface area contributed by atoms with Crippen molar-refractivity contribution in [2.75, 3.05) is 6.61 Å². The summed E-state index contributed by atoms with van der Waals surface area (Å²) in [5.41, 5.74) is 1.81. The van der Waals surface area contributed by atoms with Gasteiger partial charge in [0.25, 0.3) is 0 Å². The summed E-state index contributed by atoms with van der Waals surface area (Å²) in [5, 5.41) is 9.81. The quantitative estimate of drug-likeness (QED) is 0.776. The Hall–Kier alpha value is -1.51. The van der Waals surface area contributed by atoms with E-state index in [-0.39, 0.29) is 5.75 Å². The van der Waals surface area contributed by atoms with Crippen LogP contribution in [-0.2, 0) is 11.2 Å². The highest BCUT2D eigenvalue weighted by atomic mass is 16.5. The second-order valence-electron chi connectivity index (χ2n) is 3.34. The topological polar surface area (TPSA) is 46.5 Å². The summed E-state index contributed by atoms with van der Waals surface area (Å²) in [7, 11) is 0. The van der Waals surface area contributed by atoms with Crippen LogP contribution in [0.3, 0.4) is 0 Å². The fourth-order valence-corrected chi connectivity index (χ4v) is 1.46. The molecule has 0 bridgehead atoms. The van der Waals surface area contributed by atoms with E-state index >= 15 is 0 Å². The van der Waals surface area contributed by atoms with Gasteiger partial charge in [0.15, 0.2) is 0 Å². The van der Waals surface area contributed by atoms with E-state index in [4.69, 9.17) is 4.74 Å². The molecule has 1 rings (SSSR count). The van der Waals surface area contributed by atoms with E-state index in [0.717, 1.165) is 5.56 Å². The standard InChI is InChI=1S/C12H16O3/c1-4-9-7-6-8(3)11(13)10(9)12(14)15-5-2/h6-7,13H,4-5H2,1-3H3. The molecule has 82 valence electrons. The highest BCUT2D eigenvalue weighted by molar-refractivity contribution is 5.94. The predicted octanol–water partition coefficient (Wildman–Crippen LogP) is 2.44. The molecule has 0 aliphatic rings. The third-order valence-corrected chi connectivity index (χ3v) is 2.33. The zero-order chi connectivity index (χ0) is 11.4. The summed E-state index contributed by atoms with van der Waals surface area (Å²) in [5.74, 6) is -0.414. The van der Waals surface area contributed by atoms with Crippen molar-refractivity contribution in [1.29, 1.82) is 0 Å². The molecule has 3 nitrogen and oxygen atoms in total. The monoisotopic (exact) mass is 208 g/mol. The number of ether oxygens (including phenoxy) is 1. The molecule has 0 amide bonds. The zero-order valence-corrected chi connectivity index (χ0v) is 9.33. The van der Waals surface area contributed by atoms with E-state index in [1.54, 1.807) is 19.9 Å². The third kappa shape index (κ3) is 2.29. The van der Waals surface area contributed by atoms with Gasteiger partial charge in [0, 0.05) is 0 Å². The Labute approximate surface area is 89.7 Å². The first kappa shape index (κ1) is 11.6. The van der Waals surface area contributed by atoms with Gasteiger partial charge in [0.2, 0.25) is 0 Å². The van der Waals surface area contributed by atoms with Gasteiger partial charge >= 0.3 is 5.97 Å². The van der Waals surface area contributed by atoms with Gasteiger partial charge in [-0.3, -0.25) is 0 Å². The summed E-state index contributed by atoms with van der Waals surface area (Å²) >= 11 is 0. The van der Waals surface area contributed by atoms with Gasteiger partial charge in [-0.2, -0.15) is 0 Å². The molecular formula is C12H16O3. The molecule has 15 heavy (non-hydrogen) atoms. The van der Waals surface area contributed by atoms with Crippen LogP contribution >= 0.6 is 0 Å². The zero-order valence-electron chi connectivity index (χ0n) is 9.33. The van der Waals surface area contributed by atoms with E-state index in [0.29, 0.717) is 24.2 Å². The Morgan fingerprint density at radius 2 is 2.07 bits per heavy atom. The lowest BCUT2D eigenvalue weighted by Gasteiger charge is -2.10. The van der Waals surface area contributed by atoms with Crippen molar-refractivity contribution in [3.63, 3.8) is 0 Å². The smallest absolute Gasteiger partial charge is 0.342 e. The molecule has 3 heteroatoms. The van der Waals surface area contributed by atoms with Crippen LogP contribution in [0, 0.1) is 6.92 Å². The van der Waals surface area contributed by atoms with Crippen molar-refractivity contribution in [3.05, 3.63) is 28.8 Å². The van der Waals surface area contributed by atoms with Crippen LogP contribution in [0.5, 0.6) is 5.75 Å². The van der Waals surface area contributed by atoms with Gasteiger partial charge < -0.3 is 9.84 Å². The number of hydrogen-bond acceptors (Lipinski definition) is 3. The van der Waals surface area contributed by atoms with Crippen LogP contribution in [0.2, 0.25) is 0 Å². The third-order valence-electron chi connectivity index (χ3n) is 2.33. The molecule has 0 saturated heterocycles. The van der Waals surface area contributed by atoms with Gasteiger partial charge in [0.05, 0.1) is 6.61 Å². The summed E-state index contributed by atoms with van der Waals surface area (Å²) in [4.78, 5) is 11.6. The number of phenols is 1. The van der Waals surface area contributed by atoms with Crippen molar-refractivity contribution >= 4 is 5.97 Å². The molecule has 1 aromatic rings.